The van der Waals surface area contributed by atoms with Crippen molar-refractivity contribution in [2.24, 2.45) is 0 Å². The summed E-state index contributed by atoms with van der Waals surface area (Å²) >= 11 is 3.37. The summed E-state index contributed by atoms with van der Waals surface area (Å²) in [6.45, 7) is 1.86. The van der Waals surface area contributed by atoms with Crippen LogP contribution in [0, 0.1) is 0 Å². The highest BCUT2D eigenvalue weighted by Gasteiger charge is 2.07. The third kappa shape index (κ3) is 3.89. The third-order valence-corrected chi connectivity index (χ3v) is 4.48. The molecule has 0 aliphatic rings. The Kier molecular flexibility index (Phi) is 4.38. The van der Waals surface area contributed by atoms with Crippen LogP contribution >= 0.6 is 15.9 Å². The first-order valence-electron chi connectivity index (χ1n) is 5.77. The number of hydrogen-bond donors (Lipinski definition) is 1. The molecule has 0 saturated carbocycles. The van der Waals surface area contributed by atoms with Crippen molar-refractivity contribution in [3.05, 3.63) is 46.7 Å². The molecule has 0 atom stereocenters. The van der Waals surface area contributed by atoms with Gasteiger partial charge in [0.15, 0.2) is 0 Å². The summed E-state index contributed by atoms with van der Waals surface area (Å²) in [5, 5.41) is 4.21. The number of halogens is 1. The molecule has 0 aliphatic carbocycles. The van der Waals surface area contributed by atoms with Gasteiger partial charge >= 0.3 is 0 Å². The summed E-state index contributed by atoms with van der Waals surface area (Å²) in [4.78, 5) is 0. The minimum absolute atomic E-state index is 0.0772. The molecule has 1 aromatic heterocycles. The largest absolute Gasteiger partial charge is 0.241 e. The lowest BCUT2D eigenvalue weighted by molar-refractivity contribution is 0.582. The lowest BCUT2D eigenvalue weighted by atomic mass is 10.3. The predicted molar refractivity (Wildman–Crippen MR) is 77.6 cm³/mol. The summed E-state index contributed by atoms with van der Waals surface area (Å²) in [6, 6.07) is 7.71. The van der Waals surface area contributed by atoms with Crippen LogP contribution in [0.1, 0.15) is 12.5 Å². The Morgan fingerprint density at radius 1 is 1.32 bits per heavy atom. The summed E-state index contributed by atoms with van der Waals surface area (Å²) in [5.74, 6) is 0.0772. The Balaban J connectivity index is 2.09. The zero-order valence-corrected chi connectivity index (χ0v) is 12.8. The van der Waals surface area contributed by atoms with Crippen LogP contribution < -0.4 is 4.72 Å². The predicted octanol–water partition coefficient (Wildman–Crippen LogP) is 2.07. The average molecular weight is 344 g/mol. The second-order valence-corrected chi connectivity index (χ2v) is 7.01. The van der Waals surface area contributed by atoms with Crippen LogP contribution in [0.25, 0.3) is 5.69 Å². The number of rotatable bonds is 5. The van der Waals surface area contributed by atoms with Crippen molar-refractivity contribution < 1.29 is 8.42 Å². The molecule has 19 heavy (non-hydrogen) atoms. The quantitative estimate of drug-likeness (QED) is 0.903. The molecule has 1 N–H and O–H groups in total. The molecule has 1 heterocycles. The molecule has 2 rings (SSSR count). The molecule has 0 saturated heterocycles. The van der Waals surface area contributed by atoms with E-state index in [1.165, 1.54) is 0 Å². The smallest absolute Gasteiger partial charge is 0.211 e. The van der Waals surface area contributed by atoms with E-state index in [-0.39, 0.29) is 12.3 Å². The summed E-state index contributed by atoms with van der Waals surface area (Å²) in [5.41, 5.74) is 1.74. The number of aromatic nitrogens is 2. The van der Waals surface area contributed by atoms with Crippen LogP contribution in [-0.4, -0.2) is 24.0 Å². The Morgan fingerprint density at radius 3 is 2.63 bits per heavy atom. The van der Waals surface area contributed by atoms with Crippen molar-refractivity contribution in [3.63, 3.8) is 0 Å². The zero-order valence-electron chi connectivity index (χ0n) is 10.4. The van der Waals surface area contributed by atoms with E-state index in [0.29, 0.717) is 0 Å². The molecule has 0 aliphatic heterocycles. The van der Waals surface area contributed by atoms with Gasteiger partial charge in [0.05, 0.1) is 17.6 Å². The molecule has 0 radical (unpaired) electrons. The monoisotopic (exact) mass is 343 g/mol. The van der Waals surface area contributed by atoms with Crippen molar-refractivity contribution in [1.29, 1.82) is 0 Å². The first-order valence-corrected chi connectivity index (χ1v) is 8.21. The van der Waals surface area contributed by atoms with Crippen LogP contribution in [0.4, 0.5) is 0 Å². The van der Waals surface area contributed by atoms with E-state index in [0.717, 1.165) is 15.7 Å². The molecular weight excluding hydrogens is 330 g/mol. The fourth-order valence-corrected chi connectivity index (χ4v) is 2.34. The van der Waals surface area contributed by atoms with Crippen LogP contribution in [0.5, 0.6) is 0 Å². The molecule has 0 fully saturated rings. The Hall–Kier alpha value is -1.18. The molecule has 0 unspecified atom stereocenters. The molecule has 0 amide bonds. The van der Waals surface area contributed by atoms with Gasteiger partial charge in [-0.15, -0.1) is 0 Å². The highest BCUT2D eigenvalue weighted by atomic mass is 79.9. The van der Waals surface area contributed by atoms with Crippen LogP contribution in [-0.2, 0) is 16.6 Å². The minimum Gasteiger partial charge on any atom is -0.241 e. The molecule has 1 aromatic carbocycles. The minimum atomic E-state index is -3.17. The molecule has 0 bridgehead atoms. The fraction of sp³-hybridized carbons (Fsp3) is 0.250. The van der Waals surface area contributed by atoms with Crippen molar-refractivity contribution in [3.8, 4) is 5.69 Å². The van der Waals surface area contributed by atoms with Gasteiger partial charge in [-0.25, -0.2) is 17.8 Å². The molecule has 0 spiro atoms. The van der Waals surface area contributed by atoms with E-state index in [1.807, 2.05) is 24.3 Å². The van der Waals surface area contributed by atoms with Gasteiger partial charge < -0.3 is 0 Å². The lowest BCUT2D eigenvalue weighted by Gasteiger charge is -2.02. The Labute approximate surface area is 120 Å². The first-order chi connectivity index (χ1) is 9.00. The Bertz CT molecular complexity index is 650. The summed E-state index contributed by atoms with van der Waals surface area (Å²) in [6.07, 6.45) is 3.46. The lowest BCUT2D eigenvalue weighted by Crippen LogP contribution is -2.24. The number of sulfonamides is 1. The van der Waals surface area contributed by atoms with E-state index in [2.05, 4.69) is 25.8 Å². The van der Waals surface area contributed by atoms with E-state index < -0.39 is 10.0 Å². The topological polar surface area (TPSA) is 64.0 Å². The molecule has 5 nitrogen and oxygen atoms in total. The normalized spacial score (nSPS) is 11.7. The molecule has 2 aromatic rings. The number of hydrogen-bond acceptors (Lipinski definition) is 3. The van der Waals surface area contributed by atoms with Gasteiger partial charge in [-0.3, -0.25) is 0 Å². The number of benzene rings is 1. The number of nitrogens with one attached hydrogen (secondary N) is 1. The second-order valence-electron chi connectivity index (χ2n) is 3.99. The summed E-state index contributed by atoms with van der Waals surface area (Å²) < 4.78 is 27.9. The maximum atomic E-state index is 11.3. The second kappa shape index (κ2) is 5.85. The van der Waals surface area contributed by atoms with Gasteiger partial charge in [-0.2, -0.15) is 5.10 Å². The van der Waals surface area contributed by atoms with Gasteiger partial charge in [0.2, 0.25) is 10.0 Å². The highest BCUT2D eigenvalue weighted by molar-refractivity contribution is 9.10. The van der Waals surface area contributed by atoms with Gasteiger partial charge in [-0.05, 0) is 31.2 Å². The first kappa shape index (κ1) is 14.2. The average Bonchev–Trinajstić information content (AvgIpc) is 2.86. The SMILES string of the molecule is CCS(=O)(=O)NCc1cnn(-c2ccc(Br)cc2)c1. The van der Waals surface area contributed by atoms with E-state index in [9.17, 15) is 8.42 Å². The maximum absolute atomic E-state index is 11.3. The van der Waals surface area contributed by atoms with E-state index >= 15 is 0 Å². The van der Waals surface area contributed by atoms with Crippen LogP contribution in [0.3, 0.4) is 0 Å². The standard InChI is InChI=1S/C12H14BrN3O2S/c1-2-19(17,18)15-8-10-7-14-16(9-10)12-5-3-11(13)4-6-12/h3-7,9,15H,2,8H2,1H3. The van der Waals surface area contributed by atoms with E-state index in [4.69, 9.17) is 0 Å². The van der Waals surface area contributed by atoms with Gasteiger partial charge in [0, 0.05) is 22.8 Å². The molecular formula is C12H14BrN3O2S. The van der Waals surface area contributed by atoms with Crippen molar-refractivity contribution in [1.82, 2.24) is 14.5 Å². The van der Waals surface area contributed by atoms with Gasteiger partial charge in [-0.1, -0.05) is 15.9 Å². The maximum Gasteiger partial charge on any atom is 0.211 e. The van der Waals surface area contributed by atoms with Crippen molar-refractivity contribution >= 4 is 26.0 Å². The zero-order chi connectivity index (χ0) is 13.9. The fourth-order valence-electron chi connectivity index (χ4n) is 1.48. The van der Waals surface area contributed by atoms with Crippen molar-refractivity contribution in [2.75, 3.05) is 5.75 Å². The molecule has 7 heteroatoms. The number of nitrogens with zero attached hydrogens (tertiary/aromatic N) is 2. The Morgan fingerprint density at radius 2 is 2.00 bits per heavy atom. The van der Waals surface area contributed by atoms with Gasteiger partial charge in [0.25, 0.3) is 0 Å². The van der Waals surface area contributed by atoms with Crippen LogP contribution in [0.15, 0.2) is 41.1 Å². The van der Waals surface area contributed by atoms with E-state index in [1.54, 1.807) is 24.0 Å². The molecule has 102 valence electrons. The van der Waals surface area contributed by atoms with Crippen LogP contribution in [0.2, 0.25) is 0 Å². The third-order valence-electron chi connectivity index (χ3n) is 2.60. The highest BCUT2D eigenvalue weighted by Crippen LogP contribution is 2.14. The van der Waals surface area contributed by atoms with Crippen molar-refractivity contribution in [2.45, 2.75) is 13.5 Å². The summed E-state index contributed by atoms with van der Waals surface area (Å²) in [7, 11) is -3.17. The van der Waals surface area contributed by atoms with Gasteiger partial charge in [0.1, 0.15) is 0 Å².